The molecule has 0 aliphatic heterocycles. The van der Waals surface area contributed by atoms with Crippen molar-refractivity contribution in [1.29, 1.82) is 0 Å². The summed E-state index contributed by atoms with van der Waals surface area (Å²) in [4.78, 5) is 21.3. The van der Waals surface area contributed by atoms with Crippen LogP contribution in [0.25, 0.3) is 5.78 Å². The third-order valence-corrected chi connectivity index (χ3v) is 5.35. The normalized spacial score (nSPS) is 12.3. The third-order valence-electron chi connectivity index (χ3n) is 4.56. The van der Waals surface area contributed by atoms with Crippen LogP contribution in [-0.2, 0) is 11.2 Å². The maximum absolute atomic E-state index is 12.4. The number of thioether (sulfide) groups is 1. The number of halogens is 1. The van der Waals surface area contributed by atoms with Crippen LogP contribution in [0.3, 0.4) is 0 Å². The molecular formula is C19H22ClN5OS. The zero-order chi connectivity index (χ0) is 19.6. The van der Waals surface area contributed by atoms with Crippen molar-refractivity contribution >= 4 is 35.0 Å². The van der Waals surface area contributed by atoms with Crippen LogP contribution in [0.4, 0.5) is 0 Å². The van der Waals surface area contributed by atoms with Gasteiger partial charge in [0.15, 0.2) is 0 Å². The molecule has 6 nitrogen and oxygen atoms in total. The number of hydrogen-bond acceptors (Lipinski definition) is 5. The average Bonchev–Trinajstić information content (AvgIpc) is 3.05. The van der Waals surface area contributed by atoms with Crippen LogP contribution in [0, 0.1) is 13.8 Å². The van der Waals surface area contributed by atoms with Crippen molar-refractivity contribution in [3.63, 3.8) is 0 Å². The van der Waals surface area contributed by atoms with Crippen LogP contribution in [0.15, 0.2) is 29.4 Å². The van der Waals surface area contributed by atoms with Gasteiger partial charge in [0.1, 0.15) is 0 Å². The molecule has 0 fully saturated rings. The summed E-state index contributed by atoms with van der Waals surface area (Å²) in [5, 5.41) is 8.86. The summed E-state index contributed by atoms with van der Waals surface area (Å²) in [5.74, 6) is 0.596. The van der Waals surface area contributed by atoms with E-state index in [1.165, 1.54) is 11.8 Å². The molecule has 8 heteroatoms. The first-order chi connectivity index (χ1) is 12.9. The Morgan fingerprint density at radius 3 is 2.63 bits per heavy atom. The highest BCUT2D eigenvalue weighted by Crippen LogP contribution is 2.19. The molecule has 27 heavy (non-hydrogen) atoms. The van der Waals surface area contributed by atoms with Crippen molar-refractivity contribution in [3.8, 4) is 0 Å². The fourth-order valence-corrected chi connectivity index (χ4v) is 3.49. The quantitative estimate of drug-likeness (QED) is 0.631. The molecule has 2 aromatic heterocycles. The van der Waals surface area contributed by atoms with Crippen molar-refractivity contribution < 1.29 is 4.79 Å². The summed E-state index contributed by atoms with van der Waals surface area (Å²) in [7, 11) is 0. The Kier molecular flexibility index (Phi) is 6.01. The maximum Gasteiger partial charge on any atom is 0.253 e. The molecular weight excluding hydrogens is 382 g/mol. The van der Waals surface area contributed by atoms with Gasteiger partial charge in [-0.3, -0.25) is 4.79 Å². The maximum atomic E-state index is 12.4. The van der Waals surface area contributed by atoms with E-state index in [9.17, 15) is 4.79 Å². The van der Waals surface area contributed by atoms with Gasteiger partial charge >= 0.3 is 0 Å². The lowest BCUT2D eigenvalue weighted by Crippen LogP contribution is -2.27. The highest BCUT2D eigenvalue weighted by molar-refractivity contribution is 7.98. The van der Waals surface area contributed by atoms with Gasteiger partial charge in [-0.15, -0.1) is 5.10 Å². The van der Waals surface area contributed by atoms with Gasteiger partial charge in [-0.1, -0.05) is 35.5 Å². The molecule has 0 unspecified atom stereocenters. The second-order valence-corrected chi connectivity index (χ2v) is 7.62. The van der Waals surface area contributed by atoms with Crippen LogP contribution in [0.2, 0.25) is 5.02 Å². The average molecular weight is 404 g/mol. The number of aromatic nitrogens is 4. The highest BCUT2D eigenvalue weighted by atomic mass is 35.5. The minimum Gasteiger partial charge on any atom is -0.350 e. The lowest BCUT2D eigenvalue weighted by molar-refractivity contribution is -0.121. The number of hydrogen-bond donors (Lipinski definition) is 1. The van der Waals surface area contributed by atoms with E-state index < -0.39 is 0 Å². The predicted octanol–water partition coefficient (Wildman–Crippen LogP) is 3.93. The van der Waals surface area contributed by atoms with Crippen LogP contribution in [0.5, 0.6) is 0 Å². The number of carbonyl (C=O) groups is 1. The van der Waals surface area contributed by atoms with Crippen LogP contribution < -0.4 is 5.32 Å². The first-order valence-electron chi connectivity index (χ1n) is 8.70. The molecule has 0 spiro atoms. The monoisotopic (exact) mass is 403 g/mol. The molecule has 3 aromatic rings. The standard InChI is InChI=1S/C19H22ClN5OS/c1-11(14-5-7-15(20)8-6-14)21-17(26)10-9-16-12(2)22-18-23-19(27-4)24-25(18)13(16)3/h5-8,11H,9-10H2,1-4H3,(H,21,26)/t11-/m1/s1. The highest BCUT2D eigenvalue weighted by Gasteiger charge is 2.15. The summed E-state index contributed by atoms with van der Waals surface area (Å²) in [6, 6.07) is 7.43. The first-order valence-corrected chi connectivity index (χ1v) is 10.3. The summed E-state index contributed by atoms with van der Waals surface area (Å²) >= 11 is 7.40. The molecule has 0 radical (unpaired) electrons. The largest absolute Gasteiger partial charge is 0.350 e. The van der Waals surface area contributed by atoms with Crippen molar-refractivity contribution in [2.75, 3.05) is 6.26 Å². The zero-order valence-electron chi connectivity index (χ0n) is 15.8. The summed E-state index contributed by atoms with van der Waals surface area (Å²) in [6.45, 7) is 5.90. The topological polar surface area (TPSA) is 72.2 Å². The fraction of sp³-hybridized carbons (Fsp3) is 0.368. The molecule has 0 aliphatic rings. The van der Waals surface area contributed by atoms with E-state index in [2.05, 4.69) is 20.4 Å². The van der Waals surface area contributed by atoms with Crippen LogP contribution >= 0.6 is 23.4 Å². The van der Waals surface area contributed by atoms with Crippen molar-refractivity contribution in [3.05, 3.63) is 51.8 Å². The molecule has 0 saturated heterocycles. The number of benzene rings is 1. The first kappa shape index (κ1) is 19.6. The molecule has 1 amide bonds. The molecule has 0 saturated carbocycles. The lowest BCUT2D eigenvalue weighted by atomic mass is 10.1. The van der Waals surface area contributed by atoms with Crippen LogP contribution in [-0.4, -0.2) is 31.7 Å². The van der Waals surface area contributed by atoms with E-state index in [1.807, 2.05) is 51.3 Å². The van der Waals surface area contributed by atoms with Crippen molar-refractivity contribution in [2.24, 2.45) is 0 Å². The molecule has 1 N–H and O–H groups in total. The SMILES string of the molecule is CSc1nc2nc(C)c(CCC(=O)N[C@H](C)c3ccc(Cl)cc3)c(C)n2n1. The number of nitrogens with one attached hydrogen (secondary N) is 1. The summed E-state index contributed by atoms with van der Waals surface area (Å²) < 4.78 is 1.75. The molecule has 2 heterocycles. The summed E-state index contributed by atoms with van der Waals surface area (Å²) in [6.07, 6.45) is 2.93. The van der Waals surface area contributed by atoms with Gasteiger partial charge in [0.2, 0.25) is 11.1 Å². The Morgan fingerprint density at radius 2 is 1.96 bits per heavy atom. The van der Waals surface area contributed by atoms with E-state index in [-0.39, 0.29) is 11.9 Å². The number of nitrogens with zero attached hydrogens (tertiary/aromatic N) is 4. The van der Waals surface area contributed by atoms with Gasteiger partial charge in [-0.05, 0) is 56.7 Å². The Bertz CT molecular complexity index is 970. The van der Waals surface area contributed by atoms with E-state index in [1.54, 1.807) is 4.52 Å². The van der Waals surface area contributed by atoms with E-state index in [0.717, 1.165) is 22.5 Å². The molecule has 1 atom stereocenters. The Hall–Kier alpha value is -2.12. The van der Waals surface area contributed by atoms with E-state index in [4.69, 9.17) is 11.6 Å². The Labute approximate surface area is 167 Å². The second-order valence-electron chi connectivity index (χ2n) is 6.41. The Balaban J connectivity index is 1.68. The summed E-state index contributed by atoms with van der Waals surface area (Å²) in [5.41, 5.74) is 3.92. The fourth-order valence-electron chi connectivity index (χ4n) is 3.03. The number of aryl methyl sites for hydroxylation is 2. The van der Waals surface area contributed by atoms with Crippen molar-refractivity contribution in [1.82, 2.24) is 24.9 Å². The lowest BCUT2D eigenvalue weighted by Gasteiger charge is -2.15. The molecule has 0 aliphatic carbocycles. The molecule has 1 aromatic carbocycles. The number of amides is 1. The van der Waals surface area contributed by atoms with E-state index in [0.29, 0.717) is 28.8 Å². The number of carbonyl (C=O) groups excluding carboxylic acids is 1. The predicted molar refractivity (Wildman–Crippen MR) is 108 cm³/mol. The zero-order valence-corrected chi connectivity index (χ0v) is 17.4. The van der Waals surface area contributed by atoms with Gasteiger partial charge < -0.3 is 5.32 Å². The minimum atomic E-state index is -0.0722. The molecule has 0 bridgehead atoms. The van der Waals surface area contributed by atoms with Gasteiger partial charge in [-0.25, -0.2) is 9.50 Å². The Morgan fingerprint density at radius 1 is 1.26 bits per heavy atom. The molecule has 142 valence electrons. The third kappa shape index (κ3) is 4.42. The van der Waals surface area contributed by atoms with Gasteiger partial charge in [-0.2, -0.15) is 4.98 Å². The molecule has 3 rings (SSSR count). The van der Waals surface area contributed by atoms with Crippen LogP contribution in [0.1, 0.15) is 41.9 Å². The smallest absolute Gasteiger partial charge is 0.253 e. The van der Waals surface area contributed by atoms with Gasteiger partial charge in [0, 0.05) is 22.8 Å². The second kappa shape index (κ2) is 8.27. The van der Waals surface area contributed by atoms with Gasteiger partial charge in [0.05, 0.1) is 6.04 Å². The number of rotatable bonds is 6. The van der Waals surface area contributed by atoms with E-state index >= 15 is 0 Å². The van der Waals surface area contributed by atoms with Gasteiger partial charge in [0.25, 0.3) is 5.78 Å². The van der Waals surface area contributed by atoms with Crippen molar-refractivity contribution in [2.45, 2.75) is 44.8 Å². The minimum absolute atomic E-state index is 0.000241. The number of fused-ring (bicyclic) bond motifs is 1.